The lowest BCUT2D eigenvalue weighted by Crippen LogP contribution is -2.29. The largest absolute Gasteiger partial charge is 0.481 e. The summed E-state index contributed by atoms with van der Waals surface area (Å²) in [6.45, 7) is 7.52. The van der Waals surface area contributed by atoms with Crippen LogP contribution in [0, 0.1) is 16.6 Å². The van der Waals surface area contributed by atoms with E-state index in [0.29, 0.717) is 5.56 Å². The molecule has 0 unspecified atom stereocenters. The van der Waals surface area contributed by atoms with Crippen LogP contribution >= 0.6 is 0 Å². The van der Waals surface area contributed by atoms with E-state index < -0.39 is 28.0 Å². The van der Waals surface area contributed by atoms with Gasteiger partial charge in [0, 0.05) is 0 Å². The third kappa shape index (κ3) is 1.06. The van der Waals surface area contributed by atoms with Crippen molar-refractivity contribution < 1.29 is 14.3 Å². The highest BCUT2D eigenvalue weighted by atomic mass is 19.1. The molecule has 0 atom stereocenters. The number of aliphatic carboxylic acids is 1. The maximum Gasteiger partial charge on any atom is 0.315 e. The molecule has 1 aromatic rings. The van der Waals surface area contributed by atoms with E-state index in [0.717, 1.165) is 0 Å². The Labute approximate surface area is 106 Å². The van der Waals surface area contributed by atoms with Crippen LogP contribution in [0.15, 0.2) is 18.2 Å². The van der Waals surface area contributed by atoms with Gasteiger partial charge < -0.3 is 10.8 Å². The molecule has 0 heterocycles. The van der Waals surface area contributed by atoms with E-state index in [1.165, 1.54) is 12.1 Å². The molecule has 1 aliphatic rings. The van der Waals surface area contributed by atoms with Gasteiger partial charge in [-0.3, -0.25) is 4.79 Å². The molecule has 0 saturated heterocycles. The summed E-state index contributed by atoms with van der Waals surface area (Å²) < 4.78 is 13.6. The summed E-state index contributed by atoms with van der Waals surface area (Å²) in [5.41, 5.74) is 3.98. The fourth-order valence-corrected chi connectivity index (χ4v) is 3.50. The van der Waals surface area contributed by atoms with Gasteiger partial charge in [0.15, 0.2) is 0 Å². The number of carbonyl (C=O) groups is 1. The number of hydrogen-bond acceptors (Lipinski definition) is 2. The van der Waals surface area contributed by atoms with Crippen LogP contribution in [-0.4, -0.2) is 11.1 Å². The Hall–Kier alpha value is -1.58. The Morgan fingerprint density at radius 2 is 1.72 bits per heavy atom. The van der Waals surface area contributed by atoms with Gasteiger partial charge in [-0.2, -0.15) is 0 Å². The summed E-state index contributed by atoms with van der Waals surface area (Å²) in [4.78, 5) is 11.8. The van der Waals surface area contributed by atoms with E-state index in [1.54, 1.807) is 6.07 Å². The second-order valence-electron chi connectivity index (χ2n) is 6.01. The molecule has 98 valence electrons. The van der Waals surface area contributed by atoms with Crippen molar-refractivity contribution >= 4 is 11.7 Å². The number of anilines is 1. The predicted molar refractivity (Wildman–Crippen MR) is 67.7 cm³/mol. The molecule has 1 saturated carbocycles. The molecule has 1 aromatic carbocycles. The number of para-hydroxylation sites is 1. The molecule has 0 bridgehead atoms. The minimum absolute atomic E-state index is 0.0569. The average molecular weight is 251 g/mol. The lowest BCUT2D eigenvalue weighted by Gasteiger charge is -2.19. The van der Waals surface area contributed by atoms with Gasteiger partial charge in [-0.05, 0) is 22.5 Å². The first kappa shape index (κ1) is 12.9. The van der Waals surface area contributed by atoms with E-state index in [9.17, 15) is 14.3 Å². The minimum atomic E-state index is -1.13. The smallest absolute Gasteiger partial charge is 0.315 e. The molecule has 3 N–H and O–H groups in total. The fourth-order valence-electron chi connectivity index (χ4n) is 3.50. The monoisotopic (exact) mass is 251 g/mol. The normalized spacial score (nSPS) is 22.5. The van der Waals surface area contributed by atoms with Gasteiger partial charge in [0.25, 0.3) is 0 Å². The maximum absolute atomic E-state index is 13.6. The molecule has 2 rings (SSSR count). The number of benzene rings is 1. The first-order valence-electron chi connectivity index (χ1n) is 5.90. The molecule has 0 radical (unpaired) electrons. The van der Waals surface area contributed by atoms with Gasteiger partial charge in [-0.15, -0.1) is 0 Å². The lowest BCUT2D eigenvalue weighted by molar-refractivity contribution is -0.141. The SMILES string of the molecule is CC1(C)C(C)(C)C1(C(=O)O)c1cccc(F)c1N. The highest BCUT2D eigenvalue weighted by Crippen LogP contribution is 2.78. The number of nitrogen functional groups attached to an aromatic ring is 1. The van der Waals surface area contributed by atoms with Crippen LogP contribution in [0.3, 0.4) is 0 Å². The topological polar surface area (TPSA) is 63.3 Å². The molecular weight excluding hydrogens is 233 g/mol. The van der Waals surface area contributed by atoms with Crippen LogP contribution in [0.1, 0.15) is 33.3 Å². The lowest BCUT2D eigenvalue weighted by atomic mass is 9.85. The second kappa shape index (κ2) is 3.25. The molecule has 4 heteroatoms. The van der Waals surface area contributed by atoms with E-state index in [4.69, 9.17) is 5.73 Å². The molecule has 1 fully saturated rings. The van der Waals surface area contributed by atoms with Crippen LogP contribution in [0.25, 0.3) is 0 Å². The Morgan fingerprint density at radius 1 is 1.22 bits per heavy atom. The van der Waals surface area contributed by atoms with Crippen molar-refractivity contribution in [1.29, 1.82) is 0 Å². The number of carboxylic acid groups (broad SMARTS) is 1. The molecule has 0 amide bonds. The second-order valence-corrected chi connectivity index (χ2v) is 6.01. The Morgan fingerprint density at radius 3 is 2.11 bits per heavy atom. The molecule has 3 nitrogen and oxygen atoms in total. The van der Waals surface area contributed by atoms with Crippen LogP contribution in [0.2, 0.25) is 0 Å². The van der Waals surface area contributed by atoms with Crippen LogP contribution in [-0.2, 0) is 10.2 Å². The third-order valence-electron chi connectivity index (χ3n) is 5.15. The summed E-state index contributed by atoms with van der Waals surface area (Å²) in [5, 5.41) is 9.67. The Balaban J connectivity index is 2.75. The molecule has 0 aromatic heterocycles. The first-order valence-corrected chi connectivity index (χ1v) is 5.90. The van der Waals surface area contributed by atoms with Crippen molar-refractivity contribution in [2.75, 3.05) is 5.73 Å². The van der Waals surface area contributed by atoms with Gasteiger partial charge >= 0.3 is 5.97 Å². The van der Waals surface area contributed by atoms with E-state index >= 15 is 0 Å². The first-order chi connectivity index (χ1) is 8.12. The zero-order valence-corrected chi connectivity index (χ0v) is 11.0. The van der Waals surface area contributed by atoms with Crippen molar-refractivity contribution in [3.8, 4) is 0 Å². The number of rotatable bonds is 2. The fraction of sp³-hybridized carbons (Fsp3) is 0.500. The predicted octanol–water partition coefficient (Wildman–Crippen LogP) is 2.80. The summed E-state index contributed by atoms with van der Waals surface area (Å²) in [7, 11) is 0. The van der Waals surface area contributed by atoms with Crippen molar-refractivity contribution in [3.63, 3.8) is 0 Å². The molecule has 0 aliphatic heterocycles. The van der Waals surface area contributed by atoms with Crippen molar-refractivity contribution in [3.05, 3.63) is 29.6 Å². The highest BCUT2D eigenvalue weighted by Gasteiger charge is 2.82. The highest BCUT2D eigenvalue weighted by molar-refractivity contribution is 5.91. The molecular formula is C14H18FNO2. The summed E-state index contributed by atoms with van der Waals surface area (Å²) >= 11 is 0. The quantitative estimate of drug-likeness (QED) is 0.794. The third-order valence-corrected chi connectivity index (χ3v) is 5.15. The maximum atomic E-state index is 13.6. The zero-order chi connectivity index (χ0) is 13.9. The van der Waals surface area contributed by atoms with Crippen LogP contribution in [0.4, 0.5) is 10.1 Å². The van der Waals surface area contributed by atoms with Gasteiger partial charge in [0.2, 0.25) is 0 Å². The van der Waals surface area contributed by atoms with Gasteiger partial charge in [-0.1, -0.05) is 39.8 Å². The van der Waals surface area contributed by atoms with Crippen molar-refractivity contribution in [2.24, 2.45) is 10.8 Å². The van der Waals surface area contributed by atoms with Gasteiger partial charge in [0.05, 0.1) is 5.69 Å². The number of halogens is 1. The van der Waals surface area contributed by atoms with E-state index in [-0.39, 0.29) is 5.69 Å². The summed E-state index contributed by atoms with van der Waals surface area (Å²) in [5.74, 6) is -1.51. The van der Waals surface area contributed by atoms with Crippen LogP contribution < -0.4 is 5.73 Å². The molecule has 0 spiro atoms. The molecule has 18 heavy (non-hydrogen) atoms. The standard InChI is InChI=1S/C14H18FNO2/c1-12(2)13(3,4)14(12,11(17)18)8-6-5-7-9(15)10(8)16/h5-7H,16H2,1-4H3,(H,17,18). The number of carboxylic acids is 1. The Bertz CT molecular complexity index is 521. The zero-order valence-electron chi connectivity index (χ0n) is 11.0. The summed E-state index contributed by atoms with van der Waals surface area (Å²) in [6, 6.07) is 4.37. The number of nitrogens with two attached hydrogens (primary N) is 1. The minimum Gasteiger partial charge on any atom is -0.481 e. The van der Waals surface area contributed by atoms with Crippen molar-refractivity contribution in [2.45, 2.75) is 33.1 Å². The van der Waals surface area contributed by atoms with Crippen molar-refractivity contribution in [1.82, 2.24) is 0 Å². The van der Waals surface area contributed by atoms with Crippen LogP contribution in [0.5, 0.6) is 0 Å². The van der Waals surface area contributed by atoms with Gasteiger partial charge in [0.1, 0.15) is 11.2 Å². The van der Waals surface area contributed by atoms with E-state index in [1.807, 2.05) is 27.7 Å². The van der Waals surface area contributed by atoms with E-state index in [2.05, 4.69) is 0 Å². The Kier molecular flexibility index (Phi) is 2.32. The summed E-state index contributed by atoms with van der Waals surface area (Å²) in [6.07, 6.45) is 0. The number of hydrogen-bond donors (Lipinski definition) is 2. The van der Waals surface area contributed by atoms with Gasteiger partial charge in [-0.25, -0.2) is 4.39 Å². The average Bonchev–Trinajstić information content (AvgIpc) is 2.59. The molecule has 1 aliphatic carbocycles.